The summed E-state index contributed by atoms with van der Waals surface area (Å²) in [6, 6.07) is 24.9. The molecule has 2 aliphatic heterocycles. The zero-order valence-electron chi connectivity index (χ0n) is 30.9. The fourth-order valence-corrected chi connectivity index (χ4v) is 9.91. The van der Waals surface area contributed by atoms with Gasteiger partial charge in [0.25, 0.3) is 0 Å². The number of nitrogens with zero attached hydrogens (tertiary/aromatic N) is 4. The first-order chi connectivity index (χ1) is 26.5. The van der Waals surface area contributed by atoms with Crippen LogP contribution >= 0.6 is 17.1 Å². The average Bonchev–Trinajstić information content (AvgIpc) is 4.02. The van der Waals surface area contributed by atoms with Crippen LogP contribution in [0.2, 0.25) is 0 Å². The zero-order valence-corrected chi connectivity index (χ0v) is 32.7. The van der Waals surface area contributed by atoms with Crippen molar-refractivity contribution in [2.75, 3.05) is 13.6 Å². The van der Waals surface area contributed by atoms with Gasteiger partial charge in [-0.2, -0.15) is 0 Å². The Hall–Kier alpha value is -4.46. The second-order valence-electron chi connectivity index (χ2n) is 13.7. The van der Waals surface area contributed by atoms with E-state index in [0.717, 1.165) is 48.9 Å². The van der Waals surface area contributed by atoms with Crippen molar-refractivity contribution in [3.8, 4) is 5.75 Å². The molecule has 2 fully saturated rings. The molecule has 3 aromatic rings. The zero-order chi connectivity index (χ0) is 37.2. The first-order valence-corrected chi connectivity index (χ1v) is 20.8. The van der Waals surface area contributed by atoms with Gasteiger partial charge in [0.15, 0.2) is 0 Å². The summed E-state index contributed by atoms with van der Waals surface area (Å²) in [4.78, 5) is 17.6. The molecular weight excluding hydrogens is 716 g/mol. The van der Waals surface area contributed by atoms with E-state index < -0.39 is 28.3 Å². The number of allylic oxidation sites excluding steroid dienone is 5. The van der Waals surface area contributed by atoms with Gasteiger partial charge in [0, 0.05) is 37.0 Å². The van der Waals surface area contributed by atoms with E-state index >= 15 is 0 Å². The highest BCUT2D eigenvalue weighted by Gasteiger charge is 2.57. The van der Waals surface area contributed by atoms with Crippen LogP contribution < -0.4 is 9.61 Å². The first-order valence-electron chi connectivity index (χ1n) is 18.5. The Bertz CT molecular complexity index is 1880. The molecule has 54 heavy (non-hydrogen) atoms. The van der Waals surface area contributed by atoms with Crippen LogP contribution in [0.25, 0.3) is 0 Å². The van der Waals surface area contributed by atoms with E-state index in [1.807, 2.05) is 61.7 Å². The summed E-state index contributed by atoms with van der Waals surface area (Å²) in [6.07, 6.45) is 23.2. The highest BCUT2D eigenvalue weighted by molar-refractivity contribution is 7.45. The number of rotatable bonds is 16. The van der Waals surface area contributed by atoms with Crippen molar-refractivity contribution < 1.29 is 22.6 Å². The van der Waals surface area contributed by atoms with Crippen molar-refractivity contribution in [1.82, 2.24) is 10.1 Å². The molecule has 0 bridgehead atoms. The predicted octanol–water partition coefficient (Wildman–Crippen LogP) is 9.95. The van der Waals surface area contributed by atoms with Gasteiger partial charge in [0.05, 0.1) is 36.8 Å². The Kier molecular flexibility index (Phi) is 12.5. The predicted molar refractivity (Wildman–Crippen MR) is 217 cm³/mol. The van der Waals surface area contributed by atoms with Crippen molar-refractivity contribution in [3.63, 3.8) is 0 Å². The Morgan fingerprint density at radius 2 is 1.81 bits per heavy atom. The Morgan fingerprint density at radius 3 is 2.52 bits per heavy atom. The van der Waals surface area contributed by atoms with Gasteiger partial charge in [-0.3, -0.25) is 29.0 Å². The maximum absolute atomic E-state index is 7.70. The topological polar surface area (TPSA) is 108 Å². The van der Waals surface area contributed by atoms with Crippen LogP contribution in [0.1, 0.15) is 57.1 Å². The molecule has 2 saturated carbocycles. The standard InChI is InChI=1S/C42H47N5O5P2/c1-4-36(29-43-3)49-54(50-37-20-14-25-45-30-37)51-41(2)23-12-11-21-40(41)42(33-15-7-5-8-16-33,34-17-9-6-10-18-34)52-53(47-35-19-13-24-44-26-22-35)48-38-27-32-28-39(32)46-31-38/h4-10,13-20,22,24-25,27,29-32,39-40,47H,11-12,21,23,26,28H2,1-3H3/b36-4+,43-29?/t32-,39?,40?,41?,53?,54?/m1/s1. The minimum atomic E-state index is -1.98. The van der Waals surface area contributed by atoms with Crippen LogP contribution in [0.15, 0.2) is 148 Å². The lowest BCUT2D eigenvalue weighted by Gasteiger charge is -2.52. The van der Waals surface area contributed by atoms with E-state index in [9.17, 15) is 0 Å². The highest BCUT2D eigenvalue weighted by Crippen LogP contribution is 2.61. The lowest BCUT2D eigenvalue weighted by Crippen LogP contribution is -2.53. The van der Waals surface area contributed by atoms with Crippen LogP contribution in [-0.4, -0.2) is 48.9 Å². The highest BCUT2D eigenvalue weighted by atomic mass is 31.2. The van der Waals surface area contributed by atoms with E-state index in [1.165, 1.54) is 0 Å². The molecule has 5 unspecified atom stereocenters. The number of fused-ring (bicyclic) bond motifs is 1. The minimum absolute atomic E-state index is 0.234. The van der Waals surface area contributed by atoms with Crippen LogP contribution in [0.5, 0.6) is 5.75 Å². The molecule has 2 aliphatic carbocycles. The number of hydrogen-bond acceptors (Lipinski definition) is 10. The molecule has 0 saturated heterocycles. The third kappa shape index (κ3) is 9.07. The largest absolute Gasteiger partial charge is 0.463 e. The van der Waals surface area contributed by atoms with Gasteiger partial charge in [-0.1, -0.05) is 73.5 Å². The molecule has 0 spiro atoms. The van der Waals surface area contributed by atoms with Crippen molar-refractivity contribution in [1.29, 1.82) is 0 Å². The Morgan fingerprint density at radius 1 is 1.02 bits per heavy atom. The van der Waals surface area contributed by atoms with Crippen molar-refractivity contribution in [2.24, 2.45) is 26.8 Å². The maximum Gasteiger partial charge on any atom is 0.463 e. The Labute approximate surface area is 320 Å². The second-order valence-corrected chi connectivity index (χ2v) is 15.8. The van der Waals surface area contributed by atoms with E-state index in [4.69, 9.17) is 27.6 Å². The van der Waals surface area contributed by atoms with Crippen molar-refractivity contribution in [2.45, 2.75) is 63.2 Å². The van der Waals surface area contributed by atoms with Gasteiger partial charge in [0.2, 0.25) is 0 Å². The third-order valence-electron chi connectivity index (χ3n) is 9.96. The quantitative estimate of drug-likeness (QED) is 0.0879. The summed E-state index contributed by atoms with van der Waals surface area (Å²) in [5.74, 6) is 1.97. The SMILES string of the molecule is C/C=C(\C=NC)OP(Oc1cccnc1)OC1(C)CCCCC1C(OP(NC1=CCN=CC=C1)OC1=C[C@@H]2CC2N=C1)(c1ccccc1)c1ccccc1. The summed E-state index contributed by atoms with van der Waals surface area (Å²) in [5.41, 5.74) is 0.989. The number of pyridine rings is 1. The monoisotopic (exact) mass is 763 g/mol. The van der Waals surface area contributed by atoms with Gasteiger partial charge >= 0.3 is 17.1 Å². The van der Waals surface area contributed by atoms with Crippen molar-refractivity contribution >= 4 is 35.8 Å². The molecule has 1 N–H and O–H groups in total. The van der Waals surface area contributed by atoms with Gasteiger partial charge in [-0.25, -0.2) is 0 Å². The maximum atomic E-state index is 7.70. The summed E-state index contributed by atoms with van der Waals surface area (Å²) in [6.45, 7) is 4.61. The van der Waals surface area contributed by atoms with E-state index in [2.05, 4.69) is 81.6 Å². The Balaban J connectivity index is 1.34. The van der Waals surface area contributed by atoms with Gasteiger partial charge in [-0.15, -0.1) is 0 Å². The second kappa shape index (κ2) is 17.8. The van der Waals surface area contributed by atoms with Gasteiger partial charge in [0.1, 0.15) is 22.9 Å². The third-order valence-corrected chi connectivity index (χ3v) is 12.5. The number of aliphatic imine (C=N–C) groups is 3. The molecule has 1 aromatic heterocycles. The molecule has 3 heterocycles. The normalized spacial score (nSPS) is 24.8. The fraction of sp³-hybridized carbons (Fsp3) is 0.333. The average molecular weight is 764 g/mol. The number of nitrogens with one attached hydrogen (secondary N) is 1. The lowest BCUT2D eigenvalue weighted by atomic mass is 9.63. The van der Waals surface area contributed by atoms with Crippen LogP contribution in [-0.2, 0) is 23.7 Å². The van der Waals surface area contributed by atoms with Crippen LogP contribution in [0, 0.1) is 11.8 Å². The molecule has 10 nitrogen and oxygen atoms in total. The summed E-state index contributed by atoms with van der Waals surface area (Å²) in [7, 11) is -2.11. The number of aromatic nitrogens is 1. The number of hydrogen-bond donors (Lipinski definition) is 1. The summed E-state index contributed by atoms with van der Waals surface area (Å²) in [5, 5.41) is 3.65. The molecule has 2 aromatic carbocycles. The van der Waals surface area contributed by atoms with E-state index in [1.54, 1.807) is 31.9 Å². The van der Waals surface area contributed by atoms with Crippen molar-refractivity contribution in [3.05, 3.63) is 144 Å². The van der Waals surface area contributed by atoms with Gasteiger partial charge in [-0.05, 0) is 86.7 Å². The smallest absolute Gasteiger partial charge is 0.430 e. The summed E-state index contributed by atoms with van der Waals surface area (Å²) < 4.78 is 34.7. The first kappa shape index (κ1) is 37.8. The van der Waals surface area contributed by atoms with Crippen LogP contribution in [0.4, 0.5) is 0 Å². The summed E-state index contributed by atoms with van der Waals surface area (Å²) >= 11 is 0. The molecule has 280 valence electrons. The number of dihydropyridines is 1. The molecular formula is C42H47N5O5P2. The molecule has 0 radical (unpaired) electrons. The molecule has 12 heteroatoms. The molecule has 7 rings (SSSR count). The van der Waals surface area contributed by atoms with Gasteiger partial charge < -0.3 is 18.7 Å². The molecule has 6 atom stereocenters. The van der Waals surface area contributed by atoms with Crippen LogP contribution in [0.3, 0.4) is 0 Å². The van der Waals surface area contributed by atoms with E-state index in [-0.39, 0.29) is 5.92 Å². The van der Waals surface area contributed by atoms with E-state index in [0.29, 0.717) is 35.8 Å². The minimum Gasteiger partial charge on any atom is -0.430 e. The fourth-order valence-electron chi connectivity index (χ4n) is 7.23. The number of benzene rings is 2. The lowest BCUT2D eigenvalue weighted by molar-refractivity contribution is -0.0998. The molecule has 0 amide bonds. The molecule has 4 aliphatic rings.